The SMILES string of the molecule is COc1cc(C)cc(CN)c1I. The summed E-state index contributed by atoms with van der Waals surface area (Å²) in [5.41, 5.74) is 7.92. The maximum atomic E-state index is 5.58. The average Bonchev–Trinajstić information content (AvgIpc) is 2.08. The molecule has 1 rings (SSSR count). The highest BCUT2D eigenvalue weighted by atomic mass is 127. The number of halogens is 1. The van der Waals surface area contributed by atoms with E-state index in [1.807, 2.05) is 13.0 Å². The van der Waals surface area contributed by atoms with Crippen molar-refractivity contribution in [3.8, 4) is 5.75 Å². The van der Waals surface area contributed by atoms with Gasteiger partial charge in [-0.15, -0.1) is 0 Å². The van der Waals surface area contributed by atoms with E-state index in [-0.39, 0.29) is 0 Å². The molecule has 2 nitrogen and oxygen atoms in total. The summed E-state index contributed by atoms with van der Waals surface area (Å²) in [6.45, 7) is 2.61. The number of methoxy groups -OCH3 is 1. The molecule has 0 heterocycles. The summed E-state index contributed by atoms with van der Waals surface area (Å²) in [7, 11) is 1.68. The Labute approximate surface area is 86.2 Å². The minimum atomic E-state index is 0.566. The van der Waals surface area contributed by atoms with Gasteiger partial charge in [0.1, 0.15) is 5.75 Å². The zero-order valence-corrected chi connectivity index (χ0v) is 9.38. The van der Waals surface area contributed by atoms with Crippen LogP contribution in [-0.2, 0) is 6.54 Å². The highest BCUT2D eigenvalue weighted by molar-refractivity contribution is 14.1. The van der Waals surface area contributed by atoms with Crippen LogP contribution in [0.1, 0.15) is 11.1 Å². The van der Waals surface area contributed by atoms with Crippen molar-refractivity contribution in [1.29, 1.82) is 0 Å². The molecule has 1 aromatic carbocycles. The van der Waals surface area contributed by atoms with Gasteiger partial charge in [0, 0.05) is 6.54 Å². The first-order valence-corrected chi connectivity index (χ1v) is 4.80. The number of benzene rings is 1. The molecule has 0 bridgehead atoms. The van der Waals surface area contributed by atoms with Crippen LogP contribution in [0.2, 0.25) is 0 Å². The molecule has 0 saturated carbocycles. The first kappa shape index (κ1) is 9.80. The van der Waals surface area contributed by atoms with E-state index in [2.05, 4.69) is 28.7 Å². The fourth-order valence-corrected chi connectivity index (χ4v) is 1.86. The maximum absolute atomic E-state index is 5.58. The van der Waals surface area contributed by atoms with Gasteiger partial charge in [-0.25, -0.2) is 0 Å². The smallest absolute Gasteiger partial charge is 0.132 e. The van der Waals surface area contributed by atoms with Crippen molar-refractivity contribution >= 4 is 22.6 Å². The van der Waals surface area contributed by atoms with Gasteiger partial charge < -0.3 is 10.5 Å². The van der Waals surface area contributed by atoms with E-state index in [0.717, 1.165) is 14.9 Å². The molecule has 0 radical (unpaired) electrons. The van der Waals surface area contributed by atoms with Gasteiger partial charge in [0.15, 0.2) is 0 Å². The van der Waals surface area contributed by atoms with Crippen molar-refractivity contribution in [2.45, 2.75) is 13.5 Å². The predicted octanol–water partition coefficient (Wildman–Crippen LogP) is 2.07. The molecule has 0 unspecified atom stereocenters. The Morgan fingerprint density at radius 1 is 1.50 bits per heavy atom. The van der Waals surface area contributed by atoms with Crippen LogP contribution in [-0.4, -0.2) is 7.11 Å². The van der Waals surface area contributed by atoms with E-state index in [1.165, 1.54) is 5.56 Å². The lowest BCUT2D eigenvalue weighted by Gasteiger charge is -2.08. The lowest BCUT2D eigenvalue weighted by molar-refractivity contribution is 0.411. The molecule has 3 heteroatoms. The van der Waals surface area contributed by atoms with Gasteiger partial charge in [-0.3, -0.25) is 0 Å². The lowest BCUT2D eigenvalue weighted by Crippen LogP contribution is -2.01. The van der Waals surface area contributed by atoms with Crippen LogP contribution >= 0.6 is 22.6 Å². The third kappa shape index (κ3) is 1.90. The van der Waals surface area contributed by atoms with Gasteiger partial charge in [-0.05, 0) is 46.7 Å². The number of aryl methyl sites for hydroxylation is 1. The Morgan fingerprint density at radius 2 is 2.17 bits per heavy atom. The minimum Gasteiger partial charge on any atom is -0.496 e. The number of rotatable bonds is 2. The quantitative estimate of drug-likeness (QED) is 0.840. The van der Waals surface area contributed by atoms with Gasteiger partial charge in [0.05, 0.1) is 10.7 Å². The summed E-state index contributed by atoms with van der Waals surface area (Å²) < 4.78 is 6.32. The van der Waals surface area contributed by atoms with Crippen molar-refractivity contribution in [1.82, 2.24) is 0 Å². The van der Waals surface area contributed by atoms with Gasteiger partial charge in [-0.1, -0.05) is 6.07 Å². The molecule has 0 aliphatic carbocycles. The molecule has 1 aromatic rings. The van der Waals surface area contributed by atoms with Gasteiger partial charge in [0.2, 0.25) is 0 Å². The first-order valence-electron chi connectivity index (χ1n) is 3.72. The molecule has 0 amide bonds. The number of hydrogen-bond acceptors (Lipinski definition) is 2. The molecule has 0 saturated heterocycles. The van der Waals surface area contributed by atoms with Crippen LogP contribution < -0.4 is 10.5 Å². The van der Waals surface area contributed by atoms with Crippen LogP contribution in [0.5, 0.6) is 5.75 Å². The number of hydrogen-bond donors (Lipinski definition) is 1. The molecule has 2 N–H and O–H groups in total. The summed E-state index contributed by atoms with van der Waals surface area (Å²) in [5.74, 6) is 0.913. The molecule has 0 aliphatic heterocycles. The van der Waals surface area contributed by atoms with Crippen LogP contribution in [0.4, 0.5) is 0 Å². The summed E-state index contributed by atoms with van der Waals surface area (Å²) in [6.07, 6.45) is 0. The summed E-state index contributed by atoms with van der Waals surface area (Å²) in [6, 6.07) is 4.10. The van der Waals surface area contributed by atoms with E-state index >= 15 is 0 Å². The summed E-state index contributed by atoms with van der Waals surface area (Å²) in [5, 5.41) is 0. The maximum Gasteiger partial charge on any atom is 0.132 e. The molecular weight excluding hydrogens is 265 g/mol. The van der Waals surface area contributed by atoms with Crippen molar-refractivity contribution in [3.05, 3.63) is 26.8 Å². The average molecular weight is 277 g/mol. The van der Waals surface area contributed by atoms with Crippen molar-refractivity contribution in [3.63, 3.8) is 0 Å². The largest absolute Gasteiger partial charge is 0.496 e. The second-order valence-electron chi connectivity index (χ2n) is 2.64. The Kier molecular flexibility index (Phi) is 3.34. The topological polar surface area (TPSA) is 35.2 Å². The molecule has 0 fully saturated rings. The third-order valence-corrected chi connectivity index (χ3v) is 2.92. The van der Waals surface area contributed by atoms with E-state index in [0.29, 0.717) is 6.54 Å². The van der Waals surface area contributed by atoms with Gasteiger partial charge >= 0.3 is 0 Å². The van der Waals surface area contributed by atoms with Gasteiger partial charge in [-0.2, -0.15) is 0 Å². The van der Waals surface area contributed by atoms with Crippen molar-refractivity contribution in [2.75, 3.05) is 7.11 Å². The lowest BCUT2D eigenvalue weighted by atomic mass is 10.1. The summed E-state index contributed by atoms with van der Waals surface area (Å²) >= 11 is 2.25. The monoisotopic (exact) mass is 277 g/mol. The molecule has 12 heavy (non-hydrogen) atoms. The molecule has 0 atom stereocenters. The highest BCUT2D eigenvalue weighted by Gasteiger charge is 2.05. The highest BCUT2D eigenvalue weighted by Crippen LogP contribution is 2.25. The standard InChI is InChI=1S/C9H12INO/c1-6-3-7(5-11)9(10)8(4-6)12-2/h3-4H,5,11H2,1-2H3. The Morgan fingerprint density at radius 3 is 2.67 bits per heavy atom. The zero-order valence-electron chi connectivity index (χ0n) is 7.23. The van der Waals surface area contributed by atoms with Crippen LogP contribution in [0, 0.1) is 10.5 Å². The molecule has 0 aromatic heterocycles. The van der Waals surface area contributed by atoms with E-state index in [4.69, 9.17) is 10.5 Å². The Bertz CT molecular complexity index is 261. The van der Waals surface area contributed by atoms with Crippen LogP contribution in [0.15, 0.2) is 12.1 Å². The number of nitrogens with two attached hydrogens (primary N) is 1. The fraction of sp³-hybridized carbons (Fsp3) is 0.333. The van der Waals surface area contributed by atoms with Crippen LogP contribution in [0.3, 0.4) is 0 Å². The second kappa shape index (κ2) is 4.09. The normalized spacial score (nSPS) is 10.0. The predicted molar refractivity (Wildman–Crippen MR) is 58.3 cm³/mol. The van der Waals surface area contributed by atoms with Crippen molar-refractivity contribution in [2.24, 2.45) is 5.73 Å². The van der Waals surface area contributed by atoms with E-state index in [9.17, 15) is 0 Å². The fourth-order valence-electron chi connectivity index (χ4n) is 1.11. The van der Waals surface area contributed by atoms with Crippen molar-refractivity contribution < 1.29 is 4.74 Å². The minimum absolute atomic E-state index is 0.566. The molecule has 0 spiro atoms. The molecular formula is C9H12INO. The Balaban J connectivity index is 3.22. The number of ether oxygens (including phenoxy) is 1. The van der Waals surface area contributed by atoms with Gasteiger partial charge in [0.25, 0.3) is 0 Å². The Hall–Kier alpha value is -0.290. The van der Waals surface area contributed by atoms with E-state index in [1.54, 1.807) is 7.11 Å². The van der Waals surface area contributed by atoms with Crippen LogP contribution in [0.25, 0.3) is 0 Å². The first-order chi connectivity index (χ1) is 5.69. The molecule has 0 aliphatic rings. The zero-order chi connectivity index (χ0) is 9.14. The van der Waals surface area contributed by atoms with E-state index < -0.39 is 0 Å². The second-order valence-corrected chi connectivity index (χ2v) is 3.72. The molecule has 66 valence electrons. The third-order valence-electron chi connectivity index (χ3n) is 1.70. The summed E-state index contributed by atoms with van der Waals surface area (Å²) in [4.78, 5) is 0.